The number of likely N-dealkylation sites (tertiary alicyclic amines) is 1. The van der Waals surface area contributed by atoms with Crippen molar-refractivity contribution in [1.82, 2.24) is 10.2 Å². The minimum atomic E-state index is -0.0136. The quantitative estimate of drug-likeness (QED) is 0.920. The largest absolute Gasteiger partial charge is 0.336 e. The molecule has 1 unspecified atom stereocenters. The van der Waals surface area contributed by atoms with Crippen LogP contribution in [0.3, 0.4) is 0 Å². The standard InChI is InChI=1S/C13H19BrN2OS/c1-13(9-15-2)4-3-5-16(13)12(17)7-11-6-10(14)8-18-11/h6,8,15H,3-5,7,9H2,1-2H3. The molecule has 1 atom stereocenters. The fourth-order valence-electron chi connectivity index (χ4n) is 2.70. The van der Waals surface area contributed by atoms with Crippen LogP contribution in [0.1, 0.15) is 24.6 Å². The molecule has 1 aliphatic rings. The first kappa shape index (κ1) is 14.0. The van der Waals surface area contributed by atoms with E-state index in [0.717, 1.165) is 35.3 Å². The predicted octanol–water partition coefficient (Wildman–Crippen LogP) is 2.65. The van der Waals surface area contributed by atoms with E-state index in [0.29, 0.717) is 6.42 Å². The van der Waals surface area contributed by atoms with Crippen molar-refractivity contribution in [2.24, 2.45) is 0 Å². The summed E-state index contributed by atoms with van der Waals surface area (Å²) in [5.74, 6) is 0.250. The number of rotatable bonds is 4. The Morgan fingerprint density at radius 3 is 3.06 bits per heavy atom. The van der Waals surface area contributed by atoms with Gasteiger partial charge in [0.15, 0.2) is 0 Å². The maximum Gasteiger partial charge on any atom is 0.228 e. The minimum absolute atomic E-state index is 0.0136. The molecule has 0 aromatic carbocycles. The molecule has 1 N–H and O–H groups in total. The molecule has 0 aliphatic carbocycles. The first-order valence-corrected chi connectivity index (χ1v) is 7.90. The molecule has 1 aromatic heterocycles. The third-order valence-corrected chi connectivity index (χ3v) is 5.25. The van der Waals surface area contributed by atoms with Crippen LogP contribution < -0.4 is 5.32 Å². The lowest BCUT2D eigenvalue weighted by Crippen LogP contribution is -2.51. The van der Waals surface area contributed by atoms with Crippen LogP contribution in [0.25, 0.3) is 0 Å². The van der Waals surface area contributed by atoms with Gasteiger partial charge < -0.3 is 10.2 Å². The van der Waals surface area contributed by atoms with Crippen LogP contribution in [-0.4, -0.2) is 36.5 Å². The Bertz CT molecular complexity index is 434. The summed E-state index contributed by atoms with van der Waals surface area (Å²) in [4.78, 5) is 15.6. The van der Waals surface area contributed by atoms with Gasteiger partial charge in [-0.2, -0.15) is 0 Å². The summed E-state index contributed by atoms with van der Waals surface area (Å²) >= 11 is 5.07. The van der Waals surface area contributed by atoms with Crippen molar-refractivity contribution < 1.29 is 4.79 Å². The molecule has 18 heavy (non-hydrogen) atoms. The third kappa shape index (κ3) is 2.95. The van der Waals surface area contributed by atoms with E-state index in [1.54, 1.807) is 11.3 Å². The average molecular weight is 331 g/mol. The topological polar surface area (TPSA) is 32.3 Å². The number of carbonyl (C=O) groups is 1. The lowest BCUT2D eigenvalue weighted by Gasteiger charge is -2.35. The average Bonchev–Trinajstić information content (AvgIpc) is 2.86. The molecular weight excluding hydrogens is 312 g/mol. The highest BCUT2D eigenvalue weighted by molar-refractivity contribution is 9.10. The van der Waals surface area contributed by atoms with Crippen molar-refractivity contribution in [1.29, 1.82) is 0 Å². The van der Waals surface area contributed by atoms with Gasteiger partial charge in [0.25, 0.3) is 0 Å². The van der Waals surface area contributed by atoms with Gasteiger partial charge in [0, 0.05) is 27.8 Å². The number of hydrogen-bond acceptors (Lipinski definition) is 3. The Hall–Kier alpha value is -0.390. The summed E-state index contributed by atoms with van der Waals surface area (Å²) in [6, 6.07) is 2.04. The van der Waals surface area contributed by atoms with Gasteiger partial charge in [0.1, 0.15) is 0 Å². The van der Waals surface area contributed by atoms with Gasteiger partial charge in [-0.3, -0.25) is 4.79 Å². The Kier molecular flexibility index (Phi) is 4.45. The van der Waals surface area contributed by atoms with E-state index in [2.05, 4.69) is 33.1 Å². The van der Waals surface area contributed by atoms with E-state index in [4.69, 9.17) is 0 Å². The number of halogens is 1. The first-order valence-electron chi connectivity index (χ1n) is 6.23. The molecule has 0 spiro atoms. The maximum absolute atomic E-state index is 12.4. The number of thiophene rings is 1. The summed E-state index contributed by atoms with van der Waals surface area (Å²) in [5.41, 5.74) is -0.0136. The Balaban J connectivity index is 2.04. The molecule has 1 amide bonds. The molecule has 1 fully saturated rings. The molecule has 2 rings (SSSR count). The molecule has 0 saturated carbocycles. The van der Waals surface area contributed by atoms with E-state index < -0.39 is 0 Å². The van der Waals surface area contributed by atoms with Crippen LogP contribution in [-0.2, 0) is 11.2 Å². The maximum atomic E-state index is 12.4. The van der Waals surface area contributed by atoms with Crippen molar-refractivity contribution in [2.75, 3.05) is 20.1 Å². The molecule has 3 nitrogen and oxygen atoms in total. The molecule has 100 valence electrons. The molecule has 1 aromatic rings. The van der Waals surface area contributed by atoms with Gasteiger partial charge in [-0.15, -0.1) is 11.3 Å². The number of hydrogen-bond donors (Lipinski definition) is 1. The van der Waals surface area contributed by atoms with Crippen LogP contribution in [0.15, 0.2) is 15.9 Å². The molecule has 0 bridgehead atoms. The summed E-state index contributed by atoms with van der Waals surface area (Å²) < 4.78 is 1.06. The second kappa shape index (κ2) is 5.72. The van der Waals surface area contributed by atoms with E-state index in [1.807, 2.05) is 18.5 Å². The number of likely N-dealkylation sites (N-methyl/N-ethyl adjacent to an activating group) is 1. The monoisotopic (exact) mass is 330 g/mol. The summed E-state index contributed by atoms with van der Waals surface area (Å²) in [6.07, 6.45) is 2.72. The van der Waals surface area contributed by atoms with E-state index in [-0.39, 0.29) is 11.4 Å². The van der Waals surface area contributed by atoms with Crippen LogP contribution in [0, 0.1) is 0 Å². The molecule has 1 saturated heterocycles. The van der Waals surface area contributed by atoms with Crippen molar-refractivity contribution in [3.8, 4) is 0 Å². The van der Waals surface area contributed by atoms with E-state index in [9.17, 15) is 4.79 Å². The van der Waals surface area contributed by atoms with Crippen LogP contribution in [0.4, 0.5) is 0 Å². The SMILES string of the molecule is CNCC1(C)CCCN1C(=O)Cc1cc(Br)cs1. The van der Waals surface area contributed by atoms with Crippen molar-refractivity contribution >= 4 is 33.2 Å². The lowest BCUT2D eigenvalue weighted by atomic mass is 9.98. The highest BCUT2D eigenvalue weighted by atomic mass is 79.9. The summed E-state index contributed by atoms with van der Waals surface area (Å²) in [7, 11) is 1.95. The van der Waals surface area contributed by atoms with Crippen molar-refractivity contribution in [2.45, 2.75) is 31.7 Å². The highest BCUT2D eigenvalue weighted by Gasteiger charge is 2.38. The number of amides is 1. The van der Waals surface area contributed by atoms with Gasteiger partial charge in [-0.25, -0.2) is 0 Å². The number of carbonyl (C=O) groups excluding carboxylic acids is 1. The number of nitrogens with one attached hydrogen (secondary N) is 1. The zero-order valence-corrected chi connectivity index (χ0v) is 13.2. The fourth-order valence-corrected chi connectivity index (χ4v) is 4.15. The summed E-state index contributed by atoms with van der Waals surface area (Å²) in [6.45, 7) is 3.94. The second-order valence-corrected chi connectivity index (χ2v) is 7.00. The zero-order chi connectivity index (χ0) is 13.2. The number of nitrogens with zero attached hydrogens (tertiary/aromatic N) is 1. The van der Waals surface area contributed by atoms with E-state index >= 15 is 0 Å². The van der Waals surface area contributed by atoms with Crippen molar-refractivity contribution in [3.05, 3.63) is 20.8 Å². The molecule has 1 aliphatic heterocycles. The predicted molar refractivity (Wildman–Crippen MR) is 79.0 cm³/mol. The Labute approximate surface area is 121 Å². The Morgan fingerprint density at radius 1 is 1.67 bits per heavy atom. The fraction of sp³-hybridized carbons (Fsp3) is 0.615. The molecular formula is C13H19BrN2OS. The molecule has 5 heteroatoms. The molecule has 2 heterocycles. The van der Waals surface area contributed by atoms with Crippen LogP contribution in [0.2, 0.25) is 0 Å². The van der Waals surface area contributed by atoms with Gasteiger partial charge in [-0.1, -0.05) is 0 Å². The van der Waals surface area contributed by atoms with Crippen LogP contribution in [0.5, 0.6) is 0 Å². The van der Waals surface area contributed by atoms with Crippen LogP contribution >= 0.6 is 27.3 Å². The normalized spacial score (nSPS) is 23.6. The zero-order valence-electron chi connectivity index (χ0n) is 10.8. The van der Waals surface area contributed by atoms with Gasteiger partial charge in [-0.05, 0) is 48.8 Å². The van der Waals surface area contributed by atoms with E-state index in [1.165, 1.54) is 0 Å². The smallest absolute Gasteiger partial charge is 0.228 e. The lowest BCUT2D eigenvalue weighted by molar-refractivity contribution is -0.133. The second-order valence-electron chi connectivity index (χ2n) is 5.08. The summed E-state index contributed by atoms with van der Waals surface area (Å²) in [5, 5.41) is 5.23. The highest BCUT2D eigenvalue weighted by Crippen LogP contribution is 2.30. The third-order valence-electron chi connectivity index (χ3n) is 3.55. The van der Waals surface area contributed by atoms with Gasteiger partial charge >= 0.3 is 0 Å². The van der Waals surface area contributed by atoms with Gasteiger partial charge in [0.2, 0.25) is 5.91 Å². The first-order chi connectivity index (χ1) is 8.55. The van der Waals surface area contributed by atoms with Crippen molar-refractivity contribution in [3.63, 3.8) is 0 Å². The molecule has 0 radical (unpaired) electrons. The van der Waals surface area contributed by atoms with Gasteiger partial charge in [0.05, 0.1) is 12.0 Å². The minimum Gasteiger partial charge on any atom is -0.336 e. The Morgan fingerprint density at radius 2 is 2.44 bits per heavy atom.